The van der Waals surface area contributed by atoms with E-state index >= 15 is 0 Å². The molecule has 0 spiro atoms. The molecule has 16 nitrogen and oxygen atoms in total. The van der Waals surface area contributed by atoms with Gasteiger partial charge in [-0.2, -0.15) is 39.5 Å². The first kappa shape index (κ1) is 94.8. The van der Waals surface area contributed by atoms with Gasteiger partial charge < -0.3 is 44.3 Å². The molecule has 0 saturated heterocycles. The number of hydrogen-bond donors (Lipinski definition) is 4. The van der Waals surface area contributed by atoms with E-state index in [1.807, 2.05) is 25.6 Å². The van der Waals surface area contributed by atoms with Gasteiger partial charge in [-0.25, -0.2) is 4.99 Å². The summed E-state index contributed by atoms with van der Waals surface area (Å²) >= 11 is 1.85. The third-order valence-corrected chi connectivity index (χ3v) is 21.1. The minimum atomic E-state index is -4.28. The van der Waals surface area contributed by atoms with Crippen LogP contribution in [0.25, 0.3) is 0 Å². The van der Waals surface area contributed by atoms with Gasteiger partial charge in [-0.1, -0.05) is 133 Å². The van der Waals surface area contributed by atoms with Crippen molar-refractivity contribution in [1.82, 2.24) is 0 Å². The van der Waals surface area contributed by atoms with Gasteiger partial charge >= 0.3 is 18.5 Å². The van der Waals surface area contributed by atoms with E-state index < -0.39 is 36.8 Å². The number of alkyl halides is 9. The SMILES string of the molecule is CC1=CCCCC1.CC1=NC(C(F)(F)F)CO1.CC1=NCC(C(F)(F)F)O1.CC1=NCCC1.CC1=NCCO1.CC1=NCCS1.CC1=NOC(C(F)(F)F)C1.CC1=NOCC1.CC1CC2C=CC1C2.C[C@H]1CCCC[C@@H]1CO.C[C@H]1CCCC[C@@H]1O.C[C@H]1CCCC[C@H]1CO.C[C@H]1CCCC[C@H]1O. The van der Waals surface area contributed by atoms with Crippen molar-refractivity contribution in [1.29, 1.82) is 0 Å². The summed E-state index contributed by atoms with van der Waals surface area (Å²) in [6, 6.07) is -1.65. The molecule has 14 atom stereocenters. The van der Waals surface area contributed by atoms with Crippen LogP contribution in [0.5, 0.6) is 0 Å². The fraction of sp³-hybridized carbons (Fsp3) is 0.857. The highest BCUT2D eigenvalue weighted by Crippen LogP contribution is 2.43. The van der Waals surface area contributed by atoms with Gasteiger partial charge in [0, 0.05) is 71.4 Å². The second kappa shape index (κ2) is 52.7. The van der Waals surface area contributed by atoms with Crippen LogP contribution in [-0.4, -0.2) is 174 Å². The summed E-state index contributed by atoms with van der Waals surface area (Å²) < 4.78 is 119. The zero-order valence-corrected chi connectivity index (χ0v) is 65.4. The Labute approximate surface area is 616 Å². The molecule has 6 unspecified atom stereocenters. The summed E-state index contributed by atoms with van der Waals surface area (Å²) in [6.07, 6.45) is 22.9. The van der Waals surface area contributed by atoms with Crippen LogP contribution >= 0.6 is 11.8 Å². The summed E-state index contributed by atoms with van der Waals surface area (Å²) in [5.74, 6) is 9.04. The number of rotatable bonds is 2. The maximum atomic E-state index is 11.7. The Kier molecular flexibility index (Phi) is 48.5. The van der Waals surface area contributed by atoms with Crippen LogP contribution < -0.4 is 0 Å². The third-order valence-electron chi connectivity index (χ3n) is 20.1. The summed E-state index contributed by atoms with van der Waals surface area (Å²) in [4.78, 5) is 27.6. The molecule has 7 heterocycles. The first-order valence-corrected chi connectivity index (χ1v) is 39.2. The fourth-order valence-electron chi connectivity index (χ4n) is 12.9. The molecule has 7 aliphatic carbocycles. The molecule has 7 aliphatic heterocycles. The molecular weight excluding hydrogens is 1370 g/mol. The lowest BCUT2D eigenvalue weighted by Crippen LogP contribution is -2.31. The van der Waals surface area contributed by atoms with Crippen molar-refractivity contribution < 1.29 is 83.8 Å². The smallest absolute Gasteiger partial charge is 0.428 e. The maximum Gasteiger partial charge on any atom is 0.428 e. The van der Waals surface area contributed by atoms with Crippen molar-refractivity contribution in [3.8, 4) is 0 Å². The van der Waals surface area contributed by atoms with E-state index in [-0.39, 0.29) is 43.6 Å². The Morgan fingerprint density at radius 2 is 1.07 bits per heavy atom. The van der Waals surface area contributed by atoms with Crippen molar-refractivity contribution in [3.05, 3.63) is 23.8 Å². The van der Waals surface area contributed by atoms with Crippen molar-refractivity contribution in [2.45, 2.75) is 306 Å². The normalized spacial score (nSPS) is 30.3. The van der Waals surface area contributed by atoms with Crippen molar-refractivity contribution in [2.75, 3.05) is 65.0 Å². The predicted molar refractivity (Wildman–Crippen MR) is 402 cm³/mol. The van der Waals surface area contributed by atoms with E-state index in [1.54, 1.807) is 5.57 Å². The average molecular weight is 1500 g/mol. The van der Waals surface area contributed by atoms with E-state index in [1.165, 1.54) is 179 Å². The van der Waals surface area contributed by atoms with Gasteiger partial charge in [-0.05, 0) is 178 Å². The molecule has 2 bridgehead atoms. The van der Waals surface area contributed by atoms with Gasteiger partial charge in [-0.3, -0.25) is 20.0 Å². The molecular formula is C77H132F9N7O9S. The van der Waals surface area contributed by atoms with Crippen LogP contribution in [0.1, 0.15) is 257 Å². The molecule has 0 aromatic rings. The van der Waals surface area contributed by atoms with Crippen LogP contribution in [-0.2, 0) is 23.9 Å². The van der Waals surface area contributed by atoms with Gasteiger partial charge in [-0.15, -0.1) is 11.8 Å². The van der Waals surface area contributed by atoms with Crippen LogP contribution in [0.4, 0.5) is 39.5 Å². The number of oxime groups is 2. The molecule has 26 heteroatoms. The predicted octanol–water partition coefficient (Wildman–Crippen LogP) is 19.5. The monoisotopic (exact) mass is 1500 g/mol. The minimum absolute atomic E-state index is 0.00347. The summed E-state index contributed by atoms with van der Waals surface area (Å²) in [5, 5.41) is 44.2. The molecule has 0 aromatic carbocycles. The molecule has 4 N–H and O–H groups in total. The molecule has 14 rings (SSSR count). The molecule has 5 fully saturated rings. The Bertz CT molecular complexity index is 2400. The van der Waals surface area contributed by atoms with Gasteiger partial charge in [0.25, 0.3) is 0 Å². The molecule has 14 aliphatic rings. The summed E-state index contributed by atoms with van der Waals surface area (Å²) in [5.41, 5.74) is 4.42. The minimum Gasteiger partial charge on any atom is -0.479 e. The lowest BCUT2D eigenvalue weighted by Gasteiger charge is -2.26. The van der Waals surface area contributed by atoms with Gasteiger partial charge in [0.05, 0.1) is 41.8 Å². The molecule has 0 aromatic heterocycles. The largest absolute Gasteiger partial charge is 0.479 e. The Hall–Kier alpha value is -4.27. The lowest BCUT2D eigenvalue weighted by atomic mass is 9.81. The standard InChI is InChI=1S/2C8H16O.C8H12.2C7H14O.C7H12.3C5H6F3NO.C5H9N.2C4H7NO.C4H7NS/c2*1-7-4-2-3-5-8(7)6-9;1-6-4-7-2-3-8(6)5-7;2*1-6-4-2-3-5-7(6)8;1-7-5-3-2-4-6-7;1-3-9-4(2-10-3)5(6,7)8;1-3-9-2-4(10-3)5(6,7)8;1-3-2-4(10-9-3)5(6,7)8;1-5-3-2-4-6-5;1-4-5-2-3-6-4;1-4-2-3-6-5-4;1-4-5-2-3-6-4/h2*7-9H,2-6H2,1H3;2-3,6-8H,4-5H2,1H3;2*6-8H,2-5H2,1H3;5H,2-4,6H2,1H3;3*4H,2H2,1H3;2-4H2,1H3;3*2-3H2,1H3/t7-,8+;7-,8-;;6-,7+;6-,7-;;;;;;;;/m00.00......../s1. The van der Waals surface area contributed by atoms with E-state index in [0.29, 0.717) is 42.6 Å². The van der Waals surface area contributed by atoms with Crippen molar-refractivity contribution >= 4 is 51.6 Å². The third kappa shape index (κ3) is 44.6. The van der Waals surface area contributed by atoms with Crippen LogP contribution in [0.3, 0.4) is 0 Å². The second-order valence-electron chi connectivity index (χ2n) is 29.4. The number of ether oxygens (including phenoxy) is 3. The number of aliphatic hydroxyl groups is 4. The Morgan fingerprint density at radius 1 is 0.495 bits per heavy atom. The quantitative estimate of drug-likeness (QED) is 0.152. The van der Waals surface area contributed by atoms with Gasteiger partial charge in [0.1, 0.15) is 19.8 Å². The summed E-state index contributed by atoms with van der Waals surface area (Å²) in [6.45, 7) is 30.3. The van der Waals surface area contributed by atoms with Crippen LogP contribution in [0.15, 0.2) is 59.1 Å². The van der Waals surface area contributed by atoms with E-state index in [9.17, 15) is 49.7 Å². The average Bonchev–Trinajstić information content (AvgIpc) is 1.70. The summed E-state index contributed by atoms with van der Waals surface area (Å²) in [7, 11) is 0. The Morgan fingerprint density at radius 3 is 1.26 bits per heavy atom. The van der Waals surface area contributed by atoms with Gasteiger partial charge in [0.15, 0.2) is 23.7 Å². The first-order valence-electron chi connectivity index (χ1n) is 38.2. The number of hydrogen-bond acceptors (Lipinski definition) is 17. The molecule has 0 radical (unpaired) electrons. The van der Waals surface area contributed by atoms with Crippen LogP contribution in [0.2, 0.25) is 0 Å². The molecule has 5 saturated carbocycles. The first-order chi connectivity index (χ1) is 48.6. The number of halogens is 9. The second-order valence-corrected chi connectivity index (χ2v) is 30.7. The van der Waals surface area contributed by atoms with E-state index in [4.69, 9.17) is 14.9 Å². The van der Waals surface area contributed by atoms with Crippen LogP contribution in [0, 0.1) is 53.3 Å². The number of nitrogens with zero attached hydrogens (tertiary/aromatic N) is 7. The highest BCUT2D eigenvalue weighted by molar-refractivity contribution is 8.14. The molecule has 103 heavy (non-hydrogen) atoms. The zero-order valence-electron chi connectivity index (χ0n) is 64.5. The highest BCUT2D eigenvalue weighted by Gasteiger charge is 2.46. The van der Waals surface area contributed by atoms with E-state index in [2.05, 4.69) is 128 Å². The van der Waals surface area contributed by atoms with Gasteiger partial charge in [0.2, 0.25) is 12.2 Å². The van der Waals surface area contributed by atoms with E-state index in [0.717, 1.165) is 93.3 Å². The maximum absolute atomic E-state index is 11.7. The zero-order chi connectivity index (χ0) is 77.0. The molecule has 598 valence electrons. The Balaban J connectivity index is 0.000000380. The topological polar surface area (TPSA) is 214 Å². The number of thioether (sulfide) groups is 1. The van der Waals surface area contributed by atoms with Crippen molar-refractivity contribution in [2.24, 2.45) is 88.5 Å². The fourth-order valence-corrected chi connectivity index (χ4v) is 13.6. The number of aliphatic imine (C=N–C) groups is 5. The van der Waals surface area contributed by atoms with Crippen molar-refractivity contribution in [3.63, 3.8) is 0 Å². The number of allylic oxidation sites excluding steroid dienone is 4. The lowest BCUT2D eigenvalue weighted by molar-refractivity contribution is -0.212. The number of aliphatic hydroxyl groups excluding tert-OH is 4. The molecule has 0 amide bonds. The highest BCUT2D eigenvalue weighted by atomic mass is 32.2. The number of fused-ring (bicyclic) bond motifs is 2.